The van der Waals surface area contributed by atoms with Crippen LogP contribution in [0.15, 0.2) is 53.9 Å². The lowest BCUT2D eigenvalue weighted by Gasteiger charge is -2.09. The Balaban J connectivity index is 1.64. The highest BCUT2D eigenvalue weighted by atomic mass is 32.1. The van der Waals surface area contributed by atoms with Crippen LogP contribution in [0, 0.1) is 13.8 Å². The van der Waals surface area contributed by atoms with Gasteiger partial charge in [0.15, 0.2) is 0 Å². The van der Waals surface area contributed by atoms with Crippen molar-refractivity contribution in [2.45, 2.75) is 13.8 Å². The first kappa shape index (κ1) is 16.5. The fraction of sp³-hybridized carbons (Fsp3) is 0.143. The van der Waals surface area contributed by atoms with Crippen LogP contribution in [0.4, 0.5) is 5.69 Å². The van der Waals surface area contributed by atoms with Crippen LogP contribution < -0.4 is 5.32 Å². The van der Waals surface area contributed by atoms with Gasteiger partial charge in [-0.25, -0.2) is 4.98 Å². The van der Waals surface area contributed by atoms with Crippen molar-refractivity contribution >= 4 is 33.8 Å². The van der Waals surface area contributed by atoms with Crippen LogP contribution in [0.25, 0.3) is 21.6 Å². The van der Waals surface area contributed by atoms with Crippen LogP contribution >= 0.6 is 11.3 Å². The number of carbonyl (C=O) groups is 1. The number of thiazole rings is 1. The van der Waals surface area contributed by atoms with Gasteiger partial charge in [-0.15, -0.1) is 11.3 Å². The van der Waals surface area contributed by atoms with E-state index < -0.39 is 0 Å². The smallest absolute Gasteiger partial charge is 0.275 e. The summed E-state index contributed by atoms with van der Waals surface area (Å²) < 4.78 is 2.11. The lowest BCUT2D eigenvalue weighted by atomic mass is 10.1. The molecule has 0 saturated carbocycles. The maximum atomic E-state index is 12.6. The van der Waals surface area contributed by atoms with Gasteiger partial charge in [-0.05, 0) is 43.2 Å². The zero-order valence-electron chi connectivity index (χ0n) is 14.9. The average molecular weight is 361 g/mol. The molecule has 0 bridgehead atoms. The van der Waals surface area contributed by atoms with Gasteiger partial charge in [-0.3, -0.25) is 4.79 Å². The van der Waals surface area contributed by atoms with Crippen LogP contribution in [0.5, 0.6) is 0 Å². The van der Waals surface area contributed by atoms with Gasteiger partial charge < -0.3 is 9.88 Å². The third-order valence-electron chi connectivity index (χ3n) is 4.76. The average Bonchev–Trinajstić information content (AvgIpc) is 3.24. The summed E-state index contributed by atoms with van der Waals surface area (Å²) in [6.45, 7) is 4.04. The fourth-order valence-electron chi connectivity index (χ4n) is 3.06. The van der Waals surface area contributed by atoms with Crippen molar-refractivity contribution in [2.75, 3.05) is 5.32 Å². The van der Waals surface area contributed by atoms with Crippen molar-refractivity contribution in [3.05, 3.63) is 70.7 Å². The van der Waals surface area contributed by atoms with Crippen molar-refractivity contribution in [1.29, 1.82) is 0 Å². The quantitative estimate of drug-likeness (QED) is 0.547. The van der Waals surface area contributed by atoms with Gasteiger partial charge in [-0.1, -0.05) is 30.3 Å². The Morgan fingerprint density at radius 1 is 1.12 bits per heavy atom. The molecule has 130 valence electrons. The normalized spacial score (nSPS) is 11.0. The standard InChI is InChI=1S/C21H19N3OS/c1-13-7-6-9-16(14(13)2)22-20(25)17-12-26-21(23-17)19-11-15-8-4-5-10-18(15)24(19)3/h4-12H,1-3H3,(H,22,25). The molecule has 26 heavy (non-hydrogen) atoms. The molecule has 2 aromatic heterocycles. The topological polar surface area (TPSA) is 46.9 Å². The molecular formula is C21H19N3OS. The van der Waals surface area contributed by atoms with E-state index in [9.17, 15) is 4.79 Å². The second-order valence-electron chi connectivity index (χ2n) is 6.39. The molecule has 0 fully saturated rings. The third kappa shape index (κ3) is 2.80. The molecule has 0 atom stereocenters. The summed E-state index contributed by atoms with van der Waals surface area (Å²) in [5, 5.41) is 6.80. The first-order valence-corrected chi connectivity index (χ1v) is 9.30. The molecule has 4 rings (SSSR count). The highest BCUT2D eigenvalue weighted by Gasteiger charge is 2.16. The van der Waals surface area contributed by atoms with Crippen LogP contribution in [0.2, 0.25) is 0 Å². The number of anilines is 1. The lowest BCUT2D eigenvalue weighted by molar-refractivity contribution is 0.102. The van der Waals surface area contributed by atoms with E-state index in [-0.39, 0.29) is 5.91 Å². The van der Waals surface area contributed by atoms with E-state index in [4.69, 9.17) is 0 Å². The van der Waals surface area contributed by atoms with Gasteiger partial charge >= 0.3 is 0 Å². The number of fused-ring (bicyclic) bond motifs is 1. The number of aryl methyl sites for hydroxylation is 2. The number of nitrogens with one attached hydrogen (secondary N) is 1. The Bertz CT molecular complexity index is 1120. The predicted molar refractivity (Wildman–Crippen MR) is 108 cm³/mol. The van der Waals surface area contributed by atoms with Gasteiger partial charge in [0.05, 0.1) is 5.69 Å². The third-order valence-corrected chi connectivity index (χ3v) is 5.63. The summed E-state index contributed by atoms with van der Waals surface area (Å²) in [6.07, 6.45) is 0. The van der Waals surface area contributed by atoms with Crippen molar-refractivity contribution in [3.8, 4) is 10.7 Å². The van der Waals surface area contributed by atoms with E-state index >= 15 is 0 Å². The van der Waals surface area contributed by atoms with E-state index in [2.05, 4.69) is 33.1 Å². The number of hydrogen-bond donors (Lipinski definition) is 1. The number of rotatable bonds is 3. The molecule has 2 aromatic carbocycles. The van der Waals surface area contributed by atoms with Crippen LogP contribution in [-0.4, -0.2) is 15.5 Å². The molecule has 0 spiro atoms. The summed E-state index contributed by atoms with van der Waals surface area (Å²) in [6, 6.07) is 16.2. The number of benzene rings is 2. The molecule has 0 aliphatic heterocycles. The number of para-hydroxylation sites is 1. The maximum Gasteiger partial charge on any atom is 0.275 e. The molecule has 0 aliphatic carbocycles. The van der Waals surface area contributed by atoms with E-state index in [1.165, 1.54) is 16.7 Å². The number of amides is 1. The highest BCUT2D eigenvalue weighted by Crippen LogP contribution is 2.29. The first-order valence-electron chi connectivity index (χ1n) is 8.42. The summed E-state index contributed by atoms with van der Waals surface area (Å²) in [5.41, 5.74) is 5.66. The molecule has 0 saturated heterocycles. The molecule has 4 nitrogen and oxygen atoms in total. The van der Waals surface area contributed by atoms with Crippen LogP contribution in [0.1, 0.15) is 21.6 Å². The maximum absolute atomic E-state index is 12.6. The molecule has 0 unspecified atom stereocenters. The van der Waals surface area contributed by atoms with Gasteiger partial charge in [0.25, 0.3) is 5.91 Å². The number of hydrogen-bond acceptors (Lipinski definition) is 3. The van der Waals surface area contributed by atoms with Crippen molar-refractivity contribution < 1.29 is 4.79 Å². The Hall–Kier alpha value is -2.92. The molecule has 5 heteroatoms. The monoisotopic (exact) mass is 361 g/mol. The second kappa shape index (κ2) is 6.42. The zero-order valence-corrected chi connectivity index (χ0v) is 15.7. The summed E-state index contributed by atoms with van der Waals surface area (Å²) in [7, 11) is 2.02. The van der Waals surface area contributed by atoms with Crippen molar-refractivity contribution in [3.63, 3.8) is 0 Å². The first-order chi connectivity index (χ1) is 12.5. The predicted octanol–water partition coefficient (Wildman–Crippen LogP) is 5.17. The van der Waals surface area contributed by atoms with Gasteiger partial charge in [0.1, 0.15) is 10.7 Å². The van der Waals surface area contributed by atoms with Crippen LogP contribution in [0.3, 0.4) is 0 Å². The number of aromatic nitrogens is 2. The minimum absolute atomic E-state index is 0.181. The van der Waals surface area contributed by atoms with Gasteiger partial charge in [0, 0.05) is 29.0 Å². The summed E-state index contributed by atoms with van der Waals surface area (Å²) in [4.78, 5) is 17.2. The molecule has 1 amide bonds. The van der Waals surface area contributed by atoms with Gasteiger partial charge in [0.2, 0.25) is 0 Å². The Morgan fingerprint density at radius 2 is 1.92 bits per heavy atom. The largest absolute Gasteiger partial charge is 0.342 e. The van der Waals surface area contributed by atoms with E-state index in [1.54, 1.807) is 0 Å². The highest BCUT2D eigenvalue weighted by molar-refractivity contribution is 7.13. The fourth-order valence-corrected chi connectivity index (χ4v) is 3.91. The number of nitrogens with zero attached hydrogens (tertiary/aromatic N) is 2. The van der Waals surface area contributed by atoms with Crippen molar-refractivity contribution in [1.82, 2.24) is 9.55 Å². The second-order valence-corrected chi connectivity index (χ2v) is 7.25. The minimum Gasteiger partial charge on any atom is -0.342 e. The summed E-state index contributed by atoms with van der Waals surface area (Å²) in [5.74, 6) is -0.181. The van der Waals surface area contributed by atoms with E-state index in [1.807, 2.05) is 56.6 Å². The Labute approximate surface area is 156 Å². The number of carbonyl (C=O) groups excluding carboxylic acids is 1. The molecule has 2 heterocycles. The zero-order chi connectivity index (χ0) is 18.3. The van der Waals surface area contributed by atoms with Crippen molar-refractivity contribution in [2.24, 2.45) is 7.05 Å². The van der Waals surface area contributed by atoms with Crippen LogP contribution in [-0.2, 0) is 7.05 Å². The minimum atomic E-state index is -0.181. The molecule has 0 radical (unpaired) electrons. The Morgan fingerprint density at radius 3 is 2.73 bits per heavy atom. The molecule has 4 aromatic rings. The lowest BCUT2D eigenvalue weighted by Crippen LogP contribution is -2.13. The molecule has 1 N–H and O–H groups in total. The molecule has 0 aliphatic rings. The molecular weight excluding hydrogens is 342 g/mol. The summed E-state index contributed by atoms with van der Waals surface area (Å²) >= 11 is 1.49. The Kier molecular flexibility index (Phi) is 4.09. The van der Waals surface area contributed by atoms with Gasteiger partial charge in [-0.2, -0.15) is 0 Å². The van der Waals surface area contributed by atoms with E-state index in [0.29, 0.717) is 5.69 Å². The SMILES string of the molecule is Cc1cccc(NC(=O)c2csc(-c3cc4ccccc4n3C)n2)c1C. The van der Waals surface area contributed by atoms with E-state index in [0.717, 1.165) is 33.0 Å².